The third kappa shape index (κ3) is 2.56. The van der Waals surface area contributed by atoms with Crippen LogP contribution < -0.4 is 0 Å². The number of amides is 1. The molecule has 1 aromatic carbocycles. The molecule has 1 aliphatic rings. The molecule has 1 heterocycles. The van der Waals surface area contributed by atoms with Gasteiger partial charge < -0.3 is 4.90 Å². The van der Waals surface area contributed by atoms with Crippen LogP contribution in [0, 0.1) is 0 Å². The first-order valence-corrected chi connectivity index (χ1v) is 6.06. The Hall–Kier alpha value is -1.02. The molecular weight excluding hydrogens is 222 g/mol. The molecule has 3 heteroatoms. The number of likely N-dealkylation sites (tertiary alicyclic amines) is 1. The van der Waals surface area contributed by atoms with Gasteiger partial charge in [0.05, 0.1) is 0 Å². The van der Waals surface area contributed by atoms with Crippen LogP contribution in [-0.2, 0) is 11.2 Å². The molecule has 1 aliphatic heterocycles. The van der Waals surface area contributed by atoms with E-state index in [1.807, 2.05) is 29.2 Å². The molecule has 0 aliphatic carbocycles. The van der Waals surface area contributed by atoms with Crippen molar-refractivity contribution in [1.82, 2.24) is 4.90 Å². The Kier molecular flexibility index (Phi) is 3.49. The number of hydrogen-bond donors (Lipinski definition) is 0. The molecule has 0 aromatic heterocycles. The summed E-state index contributed by atoms with van der Waals surface area (Å²) in [5.74, 6) is 0.191. The highest BCUT2D eigenvalue weighted by molar-refractivity contribution is 6.30. The Morgan fingerprint density at radius 3 is 2.75 bits per heavy atom. The van der Waals surface area contributed by atoms with Crippen LogP contribution in [0.15, 0.2) is 24.3 Å². The van der Waals surface area contributed by atoms with Gasteiger partial charge in [0, 0.05) is 24.5 Å². The highest BCUT2D eigenvalue weighted by atomic mass is 35.5. The highest BCUT2D eigenvalue weighted by Gasteiger charge is 2.26. The van der Waals surface area contributed by atoms with Crippen LogP contribution >= 0.6 is 11.6 Å². The lowest BCUT2D eigenvalue weighted by Crippen LogP contribution is -2.34. The summed E-state index contributed by atoms with van der Waals surface area (Å²) in [4.78, 5) is 13.4. The van der Waals surface area contributed by atoms with Crippen LogP contribution in [0.2, 0.25) is 5.02 Å². The van der Waals surface area contributed by atoms with Gasteiger partial charge in [-0.25, -0.2) is 0 Å². The number of halogens is 1. The maximum atomic E-state index is 11.4. The van der Waals surface area contributed by atoms with E-state index in [2.05, 4.69) is 0 Å². The zero-order valence-corrected chi connectivity index (χ0v) is 10.2. The average Bonchev–Trinajstić information content (AvgIpc) is 2.69. The van der Waals surface area contributed by atoms with Crippen LogP contribution in [0.25, 0.3) is 0 Å². The van der Waals surface area contributed by atoms with Crippen LogP contribution in [0.1, 0.15) is 25.3 Å². The van der Waals surface area contributed by atoms with Gasteiger partial charge in [-0.05, 0) is 37.0 Å². The first kappa shape index (κ1) is 11.5. The summed E-state index contributed by atoms with van der Waals surface area (Å²) in [5, 5.41) is 0.763. The van der Waals surface area contributed by atoms with Crippen molar-refractivity contribution in [3.8, 4) is 0 Å². The van der Waals surface area contributed by atoms with Gasteiger partial charge in [0.15, 0.2) is 0 Å². The van der Waals surface area contributed by atoms with Crippen molar-refractivity contribution in [3.05, 3.63) is 34.9 Å². The van der Waals surface area contributed by atoms with E-state index in [1.54, 1.807) is 6.92 Å². The molecular formula is C13H16ClNO. The summed E-state index contributed by atoms with van der Waals surface area (Å²) in [6.07, 6.45) is 3.18. The normalized spacial score (nSPS) is 20.1. The largest absolute Gasteiger partial charge is 0.340 e. The minimum absolute atomic E-state index is 0.191. The summed E-state index contributed by atoms with van der Waals surface area (Å²) >= 11 is 5.84. The maximum Gasteiger partial charge on any atom is 0.219 e. The number of nitrogens with zero attached hydrogens (tertiary/aromatic N) is 1. The highest BCUT2D eigenvalue weighted by Crippen LogP contribution is 2.21. The minimum Gasteiger partial charge on any atom is -0.340 e. The fraction of sp³-hybridized carbons (Fsp3) is 0.462. The van der Waals surface area contributed by atoms with E-state index in [0.29, 0.717) is 6.04 Å². The number of benzene rings is 1. The number of carbonyl (C=O) groups excluding carboxylic acids is 1. The average molecular weight is 238 g/mol. The smallest absolute Gasteiger partial charge is 0.219 e. The molecule has 0 radical (unpaired) electrons. The second-order valence-corrected chi connectivity index (χ2v) is 4.78. The molecule has 1 fully saturated rings. The van der Waals surface area contributed by atoms with Crippen molar-refractivity contribution in [3.63, 3.8) is 0 Å². The van der Waals surface area contributed by atoms with E-state index in [-0.39, 0.29) is 5.91 Å². The van der Waals surface area contributed by atoms with Crippen molar-refractivity contribution < 1.29 is 4.79 Å². The molecule has 1 saturated heterocycles. The predicted molar refractivity (Wildman–Crippen MR) is 65.6 cm³/mol. The summed E-state index contributed by atoms with van der Waals surface area (Å²) in [6, 6.07) is 8.27. The van der Waals surface area contributed by atoms with Crippen LogP contribution in [0.5, 0.6) is 0 Å². The monoisotopic (exact) mass is 237 g/mol. The van der Waals surface area contributed by atoms with E-state index in [9.17, 15) is 4.79 Å². The van der Waals surface area contributed by atoms with Crippen molar-refractivity contribution in [2.75, 3.05) is 6.54 Å². The molecule has 0 spiro atoms. The van der Waals surface area contributed by atoms with E-state index >= 15 is 0 Å². The van der Waals surface area contributed by atoms with E-state index in [4.69, 9.17) is 11.6 Å². The molecule has 2 nitrogen and oxygen atoms in total. The molecule has 0 saturated carbocycles. The first-order chi connectivity index (χ1) is 7.66. The molecule has 1 amide bonds. The molecule has 16 heavy (non-hydrogen) atoms. The van der Waals surface area contributed by atoms with Gasteiger partial charge in [-0.2, -0.15) is 0 Å². The third-order valence-corrected chi connectivity index (χ3v) is 3.42. The maximum absolute atomic E-state index is 11.4. The third-order valence-electron chi connectivity index (χ3n) is 3.17. The molecule has 0 bridgehead atoms. The molecule has 86 valence electrons. The van der Waals surface area contributed by atoms with Gasteiger partial charge in [-0.1, -0.05) is 23.7 Å². The summed E-state index contributed by atoms with van der Waals surface area (Å²) in [7, 11) is 0. The van der Waals surface area contributed by atoms with E-state index in [0.717, 1.165) is 30.8 Å². The molecule has 0 N–H and O–H groups in total. The summed E-state index contributed by atoms with van der Waals surface area (Å²) in [6.45, 7) is 2.56. The molecule has 1 atom stereocenters. The van der Waals surface area contributed by atoms with Gasteiger partial charge in [0.1, 0.15) is 0 Å². The second kappa shape index (κ2) is 4.88. The second-order valence-electron chi connectivity index (χ2n) is 4.34. The standard InChI is InChI=1S/C13H16ClNO/c1-10(16)15-8-2-3-13(15)9-11-4-6-12(14)7-5-11/h4-7,13H,2-3,8-9H2,1H3. The molecule has 1 unspecified atom stereocenters. The van der Waals surface area contributed by atoms with E-state index < -0.39 is 0 Å². The zero-order valence-electron chi connectivity index (χ0n) is 9.45. The fourth-order valence-corrected chi connectivity index (χ4v) is 2.48. The van der Waals surface area contributed by atoms with E-state index in [1.165, 1.54) is 5.56 Å². The van der Waals surface area contributed by atoms with Gasteiger partial charge in [-0.15, -0.1) is 0 Å². The SMILES string of the molecule is CC(=O)N1CCCC1Cc1ccc(Cl)cc1. The van der Waals surface area contributed by atoms with Crippen molar-refractivity contribution >= 4 is 17.5 Å². The number of carbonyl (C=O) groups is 1. The van der Waals surface area contributed by atoms with Crippen molar-refractivity contribution in [2.24, 2.45) is 0 Å². The van der Waals surface area contributed by atoms with Crippen LogP contribution in [0.3, 0.4) is 0 Å². The number of hydrogen-bond acceptors (Lipinski definition) is 1. The lowest BCUT2D eigenvalue weighted by atomic mass is 10.0. The van der Waals surface area contributed by atoms with Crippen molar-refractivity contribution in [1.29, 1.82) is 0 Å². The van der Waals surface area contributed by atoms with Gasteiger partial charge in [0.25, 0.3) is 0 Å². The first-order valence-electron chi connectivity index (χ1n) is 5.68. The van der Waals surface area contributed by atoms with Gasteiger partial charge in [-0.3, -0.25) is 4.79 Å². The molecule has 2 rings (SSSR count). The van der Waals surface area contributed by atoms with Gasteiger partial charge >= 0.3 is 0 Å². The Labute approximate surface area is 101 Å². The van der Waals surface area contributed by atoms with Crippen LogP contribution in [0.4, 0.5) is 0 Å². The Balaban J connectivity index is 2.03. The fourth-order valence-electron chi connectivity index (χ4n) is 2.36. The quantitative estimate of drug-likeness (QED) is 0.775. The number of rotatable bonds is 2. The summed E-state index contributed by atoms with van der Waals surface area (Å²) in [5.41, 5.74) is 1.25. The van der Waals surface area contributed by atoms with Crippen molar-refractivity contribution in [2.45, 2.75) is 32.2 Å². The Morgan fingerprint density at radius 2 is 2.12 bits per heavy atom. The Morgan fingerprint density at radius 1 is 1.44 bits per heavy atom. The van der Waals surface area contributed by atoms with Crippen LogP contribution in [-0.4, -0.2) is 23.4 Å². The minimum atomic E-state index is 0.191. The predicted octanol–water partition coefficient (Wildman–Crippen LogP) is 2.89. The van der Waals surface area contributed by atoms with Gasteiger partial charge in [0.2, 0.25) is 5.91 Å². The Bertz CT molecular complexity index is 374. The molecule has 1 aromatic rings. The topological polar surface area (TPSA) is 20.3 Å². The summed E-state index contributed by atoms with van der Waals surface area (Å²) < 4.78 is 0. The lowest BCUT2D eigenvalue weighted by Gasteiger charge is -2.23. The lowest BCUT2D eigenvalue weighted by molar-refractivity contribution is -0.129. The zero-order chi connectivity index (χ0) is 11.5.